The molecule has 88 valence electrons. The highest BCUT2D eigenvalue weighted by Crippen LogP contribution is 2.22. The molecule has 17 heavy (non-hydrogen) atoms. The molecule has 0 atom stereocenters. The van der Waals surface area contributed by atoms with Crippen LogP contribution in [-0.2, 0) is 0 Å². The number of non-ortho nitro benzene ring substituents is 1. The Morgan fingerprint density at radius 3 is 2.76 bits per heavy atom. The summed E-state index contributed by atoms with van der Waals surface area (Å²) < 4.78 is 1.72. The third-order valence-corrected chi connectivity index (χ3v) is 2.39. The number of benzene rings is 1. The molecule has 6 heteroatoms. The second-order valence-corrected chi connectivity index (χ2v) is 3.98. The number of hydrogen-bond acceptors (Lipinski definition) is 4. The second-order valence-electron chi connectivity index (χ2n) is 3.98. The molecule has 0 spiro atoms. The maximum atomic E-state index is 10.7. The summed E-state index contributed by atoms with van der Waals surface area (Å²) in [6.07, 6.45) is 1.78. The molecule has 2 rings (SSSR count). The van der Waals surface area contributed by atoms with Gasteiger partial charge in [0, 0.05) is 23.7 Å². The van der Waals surface area contributed by atoms with E-state index in [9.17, 15) is 10.1 Å². The van der Waals surface area contributed by atoms with E-state index in [4.69, 9.17) is 0 Å². The lowest BCUT2D eigenvalue weighted by Crippen LogP contribution is -2.00. The molecular formula is C11H12N4O2. The maximum absolute atomic E-state index is 10.7. The molecule has 0 aliphatic rings. The van der Waals surface area contributed by atoms with E-state index >= 15 is 0 Å². The van der Waals surface area contributed by atoms with E-state index in [0.29, 0.717) is 11.3 Å². The lowest BCUT2D eigenvalue weighted by atomic mass is 10.1. The van der Waals surface area contributed by atoms with Crippen LogP contribution in [0.25, 0.3) is 11.3 Å². The Labute approximate surface area is 98.0 Å². The molecule has 0 unspecified atom stereocenters. The molecule has 0 bridgehead atoms. The Morgan fingerprint density at radius 2 is 2.18 bits per heavy atom. The molecule has 0 saturated heterocycles. The summed E-state index contributed by atoms with van der Waals surface area (Å²) in [4.78, 5) is 10.2. The summed E-state index contributed by atoms with van der Waals surface area (Å²) >= 11 is 0. The fourth-order valence-corrected chi connectivity index (χ4v) is 1.44. The van der Waals surface area contributed by atoms with E-state index in [2.05, 4.69) is 10.3 Å². The normalized spacial score (nSPS) is 10.8. The Bertz CT molecular complexity index is 548. The van der Waals surface area contributed by atoms with Gasteiger partial charge in [-0.25, -0.2) is 4.68 Å². The summed E-state index contributed by atoms with van der Waals surface area (Å²) in [7, 11) is 0. The lowest BCUT2D eigenvalue weighted by Gasteiger charge is -2.01. The first-order valence-corrected chi connectivity index (χ1v) is 5.24. The third-order valence-electron chi connectivity index (χ3n) is 2.39. The Morgan fingerprint density at radius 1 is 1.41 bits per heavy atom. The van der Waals surface area contributed by atoms with E-state index in [0.717, 1.165) is 0 Å². The van der Waals surface area contributed by atoms with Gasteiger partial charge >= 0.3 is 0 Å². The molecule has 6 nitrogen and oxygen atoms in total. The van der Waals surface area contributed by atoms with Gasteiger partial charge < -0.3 is 0 Å². The van der Waals surface area contributed by atoms with Crippen LogP contribution in [0.1, 0.15) is 19.9 Å². The number of hydrogen-bond donors (Lipinski definition) is 0. The quantitative estimate of drug-likeness (QED) is 0.601. The van der Waals surface area contributed by atoms with Crippen LogP contribution >= 0.6 is 0 Å². The van der Waals surface area contributed by atoms with Crippen molar-refractivity contribution in [1.29, 1.82) is 0 Å². The van der Waals surface area contributed by atoms with Crippen LogP contribution in [0.5, 0.6) is 0 Å². The average molecular weight is 232 g/mol. The standard InChI is InChI=1S/C11H12N4O2/c1-8(2)14-7-11(12-13-14)9-4-3-5-10(6-9)15(16)17/h3-8H,1-2H3. The molecule has 1 aromatic heterocycles. The fourth-order valence-electron chi connectivity index (χ4n) is 1.44. The summed E-state index contributed by atoms with van der Waals surface area (Å²) in [5.41, 5.74) is 1.40. The van der Waals surface area contributed by atoms with Gasteiger partial charge in [0.1, 0.15) is 5.69 Å². The zero-order chi connectivity index (χ0) is 12.4. The number of rotatable bonds is 3. The van der Waals surface area contributed by atoms with Gasteiger partial charge in [0.15, 0.2) is 0 Å². The van der Waals surface area contributed by atoms with Gasteiger partial charge in [0.25, 0.3) is 5.69 Å². The van der Waals surface area contributed by atoms with Crippen LogP contribution in [0.15, 0.2) is 30.5 Å². The van der Waals surface area contributed by atoms with Crippen LogP contribution in [0.3, 0.4) is 0 Å². The molecule has 1 aromatic carbocycles. The lowest BCUT2D eigenvalue weighted by molar-refractivity contribution is -0.384. The highest BCUT2D eigenvalue weighted by Gasteiger charge is 2.10. The molecule has 0 aliphatic carbocycles. The summed E-state index contributed by atoms with van der Waals surface area (Å²) in [5.74, 6) is 0. The number of aromatic nitrogens is 3. The summed E-state index contributed by atoms with van der Waals surface area (Å²) in [6.45, 7) is 3.98. The van der Waals surface area contributed by atoms with Crippen molar-refractivity contribution in [3.05, 3.63) is 40.6 Å². The van der Waals surface area contributed by atoms with E-state index in [-0.39, 0.29) is 11.7 Å². The van der Waals surface area contributed by atoms with Gasteiger partial charge in [-0.05, 0) is 13.8 Å². The molecule has 0 amide bonds. The van der Waals surface area contributed by atoms with Crippen molar-refractivity contribution in [2.24, 2.45) is 0 Å². The maximum Gasteiger partial charge on any atom is 0.270 e. The van der Waals surface area contributed by atoms with Gasteiger partial charge in [-0.1, -0.05) is 17.3 Å². The fraction of sp³-hybridized carbons (Fsp3) is 0.273. The van der Waals surface area contributed by atoms with Crippen LogP contribution in [0, 0.1) is 10.1 Å². The van der Waals surface area contributed by atoms with E-state index in [1.807, 2.05) is 13.8 Å². The van der Waals surface area contributed by atoms with E-state index < -0.39 is 4.92 Å². The zero-order valence-corrected chi connectivity index (χ0v) is 9.57. The topological polar surface area (TPSA) is 73.8 Å². The van der Waals surface area contributed by atoms with Gasteiger partial charge in [0.2, 0.25) is 0 Å². The van der Waals surface area contributed by atoms with Crippen molar-refractivity contribution in [2.75, 3.05) is 0 Å². The molecular weight excluding hydrogens is 220 g/mol. The van der Waals surface area contributed by atoms with Gasteiger partial charge in [-0.15, -0.1) is 5.10 Å². The molecule has 0 N–H and O–H groups in total. The van der Waals surface area contributed by atoms with E-state index in [1.54, 1.807) is 23.0 Å². The van der Waals surface area contributed by atoms with Crippen LogP contribution in [0.2, 0.25) is 0 Å². The van der Waals surface area contributed by atoms with Crippen LogP contribution in [-0.4, -0.2) is 19.9 Å². The Kier molecular flexibility index (Phi) is 2.86. The first-order valence-electron chi connectivity index (χ1n) is 5.24. The van der Waals surface area contributed by atoms with E-state index in [1.165, 1.54) is 12.1 Å². The van der Waals surface area contributed by atoms with Gasteiger partial charge in [0.05, 0.1) is 11.1 Å². The van der Waals surface area contributed by atoms with Gasteiger partial charge in [-0.2, -0.15) is 0 Å². The minimum Gasteiger partial charge on any atom is -0.258 e. The highest BCUT2D eigenvalue weighted by molar-refractivity contribution is 5.61. The predicted molar refractivity (Wildman–Crippen MR) is 62.5 cm³/mol. The first kappa shape index (κ1) is 11.3. The van der Waals surface area contributed by atoms with Crippen molar-refractivity contribution in [1.82, 2.24) is 15.0 Å². The second kappa shape index (κ2) is 4.32. The van der Waals surface area contributed by atoms with Crippen molar-refractivity contribution >= 4 is 5.69 Å². The Balaban J connectivity index is 2.38. The largest absolute Gasteiger partial charge is 0.270 e. The molecule has 0 saturated carbocycles. The number of nitro groups is 1. The van der Waals surface area contributed by atoms with Crippen LogP contribution < -0.4 is 0 Å². The summed E-state index contributed by atoms with van der Waals surface area (Å²) in [6, 6.07) is 6.59. The molecule has 2 aromatic rings. The molecule has 0 fully saturated rings. The van der Waals surface area contributed by atoms with Crippen molar-refractivity contribution in [3.8, 4) is 11.3 Å². The average Bonchev–Trinajstić information content (AvgIpc) is 2.78. The minimum atomic E-state index is -0.420. The molecule has 1 heterocycles. The third kappa shape index (κ3) is 2.30. The first-order chi connectivity index (χ1) is 8.08. The molecule has 0 radical (unpaired) electrons. The number of nitro benzene ring substituents is 1. The zero-order valence-electron chi connectivity index (χ0n) is 9.57. The Hall–Kier alpha value is -2.24. The highest BCUT2D eigenvalue weighted by atomic mass is 16.6. The predicted octanol–water partition coefficient (Wildman–Crippen LogP) is 2.43. The minimum absolute atomic E-state index is 0.0570. The smallest absolute Gasteiger partial charge is 0.258 e. The number of nitrogens with zero attached hydrogens (tertiary/aromatic N) is 4. The summed E-state index contributed by atoms with van der Waals surface area (Å²) in [5, 5.41) is 18.6. The van der Waals surface area contributed by atoms with Crippen molar-refractivity contribution in [3.63, 3.8) is 0 Å². The monoisotopic (exact) mass is 232 g/mol. The van der Waals surface area contributed by atoms with Crippen molar-refractivity contribution < 1.29 is 4.92 Å². The van der Waals surface area contributed by atoms with Gasteiger partial charge in [-0.3, -0.25) is 10.1 Å². The SMILES string of the molecule is CC(C)n1cc(-c2cccc([N+](=O)[O-])c2)nn1. The molecule has 0 aliphatic heterocycles. The van der Waals surface area contributed by atoms with Crippen LogP contribution in [0.4, 0.5) is 5.69 Å². The van der Waals surface area contributed by atoms with Crippen molar-refractivity contribution in [2.45, 2.75) is 19.9 Å².